The Morgan fingerprint density at radius 2 is 1.81 bits per heavy atom. The zero-order valence-electron chi connectivity index (χ0n) is 13.5. The van der Waals surface area contributed by atoms with Crippen LogP contribution in [0.4, 0.5) is 0 Å². The van der Waals surface area contributed by atoms with Gasteiger partial charge in [-0.2, -0.15) is 0 Å². The highest BCUT2D eigenvalue weighted by molar-refractivity contribution is 6.00. The number of methoxy groups -OCH3 is 3. The molecule has 0 saturated heterocycles. The molecule has 5 nitrogen and oxygen atoms in total. The van der Waals surface area contributed by atoms with Gasteiger partial charge in [0.2, 0.25) is 0 Å². The molecular formula is C16H25NO4. The summed E-state index contributed by atoms with van der Waals surface area (Å²) in [5, 5.41) is 0. The Balaban J connectivity index is 2.93. The van der Waals surface area contributed by atoms with Crippen LogP contribution in [0.2, 0.25) is 0 Å². The molecule has 118 valence electrons. The molecule has 0 radical (unpaired) electrons. The summed E-state index contributed by atoms with van der Waals surface area (Å²) in [5.41, 5.74) is 2.00. The van der Waals surface area contributed by atoms with Gasteiger partial charge in [0.05, 0.1) is 20.8 Å². The summed E-state index contributed by atoms with van der Waals surface area (Å²) in [6, 6.07) is 5.80. The van der Waals surface area contributed by atoms with Crippen molar-refractivity contribution in [3.63, 3.8) is 0 Å². The fraction of sp³-hybridized carbons (Fsp3) is 0.562. The molecule has 5 heteroatoms. The van der Waals surface area contributed by atoms with Crippen LogP contribution in [0.25, 0.3) is 0 Å². The van der Waals surface area contributed by atoms with Crippen LogP contribution in [-0.2, 0) is 9.47 Å². The molecule has 0 fully saturated rings. The summed E-state index contributed by atoms with van der Waals surface area (Å²) in [6.45, 7) is 5.08. The molecule has 21 heavy (non-hydrogen) atoms. The fourth-order valence-electron chi connectivity index (χ4n) is 1.99. The molecule has 0 aliphatic carbocycles. The zero-order valence-corrected chi connectivity index (χ0v) is 13.5. The summed E-state index contributed by atoms with van der Waals surface area (Å²) >= 11 is 0. The highest BCUT2D eigenvalue weighted by Crippen LogP contribution is 2.28. The van der Waals surface area contributed by atoms with Gasteiger partial charge in [0.1, 0.15) is 0 Å². The quantitative estimate of drug-likeness (QED) is 0.519. The monoisotopic (exact) mass is 295 g/mol. The summed E-state index contributed by atoms with van der Waals surface area (Å²) in [6.07, 6.45) is 0.509. The van der Waals surface area contributed by atoms with Gasteiger partial charge in [-0.05, 0) is 37.1 Å². The number of hydrogen-bond acceptors (Lipinski definition) is 5. The second-order valence-electron chi connectivity index (χ2n) is 4.33. The third-order valence-electron chi connectivity index (χ3n) is 3.10. The molecule has 0 spiro atoms. The average Bonchev–Trinajstić information content (AvgIpc) is 2.53. The molecule has 0 aliphatic rings. The Bertz CT molecular complexity index is 460. The van der Waals surface area contributed by atoms with E-state index in [1.165, 1.54) is 0 Å². The maximum absolute atomic E-state index is 5.43. The lowest BCUT2D eigenvalue weighted by Crippen LogP contribution is -2.20. The van der Waals surface area contributed by atoms with Crippen molar-refractivity contribution >= 4 is 5.71 Å². The number of rotatable bonds is 9. The van der Waals surface area contributed by atoms with E-state index in [-0.39, 0.29) is 6.29 Å². The summed E-state index contributed by atoms with van der Waals surface area (Å²) in [5.74, 6) is 1.41. The topological polar surface area (TPSA) is 49.3 Å². The minimum Gasteiger partial charge on any atom is -0.493 e. The van der Waals surface area contributed by atoms with Crippen molar-refractivity contribution in [2.45, 2.75) is 26.6 Å². The van der Waals surface area contributed by atoms with Gasteiger partial charge in [-0.15, -0.1) is 0 Å². The number of aliphatic imine (C=N–C) groups is 1. The van der Waals surface area contributed by atoms with E-state index in [0.29, 0.717) is 24.7 Å². The lowest BCUT2D eigenvalue weighted by atomic mass is 10.1. The molecule has 0 saturated carbocycles. The van der Waals surface area contributed by atoms with Gasteiger partial charge in [-0.1, -0.05) is 6.92 Å². The van der Waals surface area contributed by atoms with Crippen LogP contribution in [0.3, 0.4) is 0 Å². The summed E-state index contributed by atoms with van der Waals surface area (Å²) in [7, 11) is 4.87. The zero-order chi connectivity index (χ0) is 15.7. The van der Waals surface area contributed by atoms with Crippen molar-refractivity contribution in [3.8, 4) is 11.5 Å². The van der Waals surface area contributed by atoms with E-state index in [4.69, 9.17) is 18.9 Å². The SMILES string of the molecule is CCOC(CN=C(CC)c1ccc(OC)c(OC)c1)OC. The lowest BCUT2D eigenvalue weighted by Gasteiger charge is -2.14. The average molecular weight is 295 g/mol. The van der Waals surface area contributed by atoms with Crippen LogP contribution < -0.4 is 9.47 Å². The Labute approximate surface area is 126 Å². The van der Waals surface area contributed by atoms with Gasteiger partial charge >= 0.3 is 0 Å². The predicted molar refractivity (Wildman–Crippen MR) is 83.7 cm³/mol. The van der Waals surface area contributed by atoms with E-state index in [0.717, 1.165) is 17.7 Å². The molecule has 0 amide bonds. The van der Waals surface area contributed by atoms with E-state index < -0.39 is 0 Å². The summed E-state index contributed by atoms with van der Waals surface area (Å²) in [4.78, 5) is 4.60. The van der Waals surface area contributed by atoms with Crippen LogP contribution in [-0.4, -0.2) is 46.5 Å². The van der Waals surface area contributed by atoms with E-state index in [1.807, 2.05) is 25.1 Å². The maximum atomic E-state index is 5.43. The van der Waals surface area contributed by atoms with Gasteiger partial charge in [-0.3, -0.25) is 4.99 Å². The van der Waals surface area contributed by atoms with Crippen LogP contribution in [0.15, 0.2) is 23.2 Å². The van der Waals surface area contributed by atoms with Crippen LogP contribution in [0.5, 0.6) is 11.5 Å². The van der Waals surface area contributed by atoms with Crippen LogP contribution >= 0.6 is 0 Å². The second-order valence-corrected chi connectivity index (χ2v) is 4.33. The van der Waals surface area contributed by atoms with Gasteiger partial charge in [0.25, 0.3) is 0 Å². The van der Waals surface area contributed by atoms with Crippen molar-refractivity contribution in [2.24, 2.45) is 4.99 Å². The molecule has 1 aromatic rings. The third-order valence-corrected chi connectivity index (χ3v) is 3.10. The van der Waals surface area contributed by atoms with Gasteiger partial charge < -0.3 is 18.9 Å². The maximum Gasteiger partial charge on any atom is 0.176 e. The first kappa shape index (κ1) is 17.5. The highest BCUT2D eigenvalue weighted by Gasteiger charge is 2.10. The van der Waals surface area contributed by atoms with E-state index in [9.17, 15) is 0 Å². The smallest absolute Gasteiger partial charge is 0.176 e. The first-order valence-electron chi connectivity index (χ1n) is 7.10. The normalized spacial score (nSPS) is 13.1. The Morgan fingerprint density at radius 1 is 1.10 bits per heavy atom. The molecule has 1 aromatic carbocycles. The van der Waals surface area contributed by atoms with Crippen LogP contribution in [0.1, 0.15) is 25.8 Å². The molecule has 1 unspecified atom stereocenters. The molecule has 1 atom stereocenters. The fourth-order valence-corrected chi connectivity index (χ4v) is 1.99. The van der Waals surface area contributed by atoms with Crippen molar-refractivity contribution in [1.29, 1.82) is 0 Å². The summed E-state index contributed by atoms with van der Waals surface area (Å²) < 4.78 is 21.2. The number of hydrogen-bond donors (Lipinski definition) is 0. The molecule has 0 aromatic heterocycles. The van der Waals surface area contributed by atoms with E-state index >= 15 is 0 Å². The van der Waals surface area contributed by atoms with E-state index in [2.05, 4.69) is 11.9 Å². The first-order chi connectivity index (χ1) is 10.2. The number of benzene rings is 1. The lowest BCUT2D eigenvalue weighted by molar-refractivity contribution is -0.112. The molecule has 0 N–H and O–H groups in total. The molecule has 0 aliphatic heterocycles. The molecular weight excluding hydrogens is 270 g/mol. The minimum atomic E-state index is -0.309. The Hall–Kier alpha value is -1.59. The Morgan fingerprint density at radius 3 is 2.33 bits per heavy atom. The van der Waals surface area contributed by atoms with E-state index in [1.54, 1.807) is 21.3 Å². The van der Waals surface area contributed by atoms with Gasteiger partial charge in [-0.25, -0.2) is 0 Å². The largest absolute Gasteiger partial charge is 0.493 e. The Kier molecular flexibility index (Phi) is 7.79. The highest BCUT2D eigenvalue weighted by atomic mass is 16.7. The first-order valence-corrected chi connectivity index (χ1v) is 7.10. The minimum absolute atomic E-state index is 0.309. The molecule has 0 bridgehead atoms. The van der Waals surface area contributed by atoms with Crippen molar-refractivity contribution in [2.75, 3.05) is 34.5 Å². The molecule has 1 rings (SSSR count). The standard InChI is InChI=1S/C16H25NO4/c1-6-13(17-11-16(20-5)21-7-2)12-8-9-14(18-3)15(10-12)19-4/h8-10,16H,6-7,11H2,1-5H3. The van der Waals surface area contributed by atoms with Gasteiger partial charge in [0, 0.05) is 19.4 Å². The van der Waals surface area contributed by atoms with Crippen LogP contribution in [0, 0.1) is 0 Å². The second kappa shape index (κ2) is 9.37. The van der Waals surface area contributed by atoms with Crippen molar-refractivity contribution < 1.29 is 18.9 Å². The van der Waals surface area contributed by atoms with Crippen molar-refractivity contribution in [1.82, 2.24) is 0 Å². The third kappa shape index (κ3) is 5.02. The number of nitrogens with zero attached hydrogens (tertiary/aromatic N) is 1. The molecule has 0 heterocycles. The van der Waals surface area contributed by atoms with Crippen molar-refractivity contribution in [3.05, 3.63) is 23.8 Å². The predicted octanol–water partition coefficient (Wildman–Crippen LogP) is 2.91. The number of ether oxygens (including phenoxy) is 4. The van der Waals surface area contributed by atoms with Gasteiger partial charge in [0.15, 0.2) is 17.8 Å².